The van der Waals surface area contributed by atoms with Crippen molar-refractivity contribution in [2.45, 2.75) is 37.8 Å². The van der Waals surface area contributed by atoms with Gasteiger partial charge in [-0.1, -0.05) is 30.3 Å². The zero-order chi connectivity index (χ0) is 11.4. The van der Waals surface area contributed by atoms with E-state index in [1.807, 2.05) is 0 Å². The first-order valence-corrected chi connectivity index (χ1v) is 6.27. The standard InChI is InChI=1S/C14H22N2/c1-16(13-9-10-13)14(11-15)8-7-12-5-3-2-4-6-12/h2-6,13-14H,7-11,15H2,1H3. The summed E-state index contributed by atoms with van der Waals surface area (Å²) >= 11 is 0. The van der Waals surface area contributed by atoms with Crippen LogP contribution in [0.15, 0.2) is 30.3 Å². The number of nitrogens with zero attached hydrogens (tertiary/aromatic N) is 1. The molecule has 1 saturated carbocycles. The lowest BCUT2D eigenvalue weighted by Crippen LogP contribution is -2.39. The van der Waals surface area contributed by atoms with Crippen LogP contribution >= 0.6 is 0 Å². The minimum absolute atomic E-state index is 0.549. The summed E-state index contributed by atoms with van der Waals surface area (Å²) in [5.41, 5.74) is 7.28. The molecule has 0 heterocycles. The molecule has 1 aromatic rings. The van der Waals surface area contributed by atoms with E-state index in [0.717, 1.165) is 19.0 Å². The lowest BCUT2D eigenvalue weighted by atomic mass is 10.0. The molecule has 2 rings (SSSR count). The summed E-state index contributed by atoms with van der Waals surface area (Å²) in [5, 5.41) is 0. The Kier molecular flexibility index (Phi) is 3.97. The maximum Gasteiger partial charge on any atom is 0.0221 e. The highest BCUT2D eigenvalue weighted by molar-refractivity contribution is 5.14. The Balaban J connectivity index is 1.82. The van der Waals surface area contributed by atoms with Gasteiger partial charge in [-0.3, -0.25) is 4.90 Å². The van der Waals surface area contributed by atoms with Crippen molar-refractivity contribution in [1.29, 1.82) is 0 Å². The monoisotopic (exact) mass is 218 g/mol. The SMILES string of the molecule is CN(C(CN)CCc1ccccc1)C1CC1. The summed E-state index contributed by atoms with van der Waals surface area (Å²) in [7, 11) is 2.22. The summed E-state index contributed by atoms with van der Waals surface area (Å²) in [5.74, 6) is 0. The number of benzene rings is 1. The maximum absolute atomic E-state index is 5.86. The first kappa shape index (κ1) is 11.6. The van der Waals surface area contributed by atoms with Gasteiger partial charge in [0, 0.05) is 18.6 Å². The zero-order valence-corrected chi connectivity index (χ0v) is 10.1. The topological polar surface area (TPSA) is 29.3 Å². The van der Waals surface area contributed by atoms with Crippen LogP contribution in [0, 0.1) is 0 Å². The van der Waals surface area contributed by atoms with Gasteiger partial charge >= 0.3 is 0 Å². The fourth-order valence-corrected chi connectivity index (χ4v) is 2.25. The first-order valence-electron chi connectivity index (χ1n) is 6.27. The average molecular weight is 218 g/mol. The van der Waals surface area contributed by atoms with Crippen LogP contribution in [0.2, 0.25) is 0 Å². The number of aryl methyl sites for hydroxylation is 1. The Morgan fingerprint density at radius 1 is 1.31 bits per heavy atom. The van der Waals surface area contributed by atoms with Crippen molar-refractivity contribution in [1.82, 2.24) is 4.90 Å². The number of hydrogen-bond acceptors (Lipinski definition) is 2. The molecule has 2 N–H and O–H groups in total. The van der Waals surface area contributed by atoms with E-state index in [4.69, 9.17) is 5.73 Å². The molecular formula is C14H22N2. The van der Waals surface area contributed by atoms with Crippen molar-refractivity contribution in [2.24, 2.45) is 5.73 Å². The van der Waals surface area contributed by atoms with Crippen LogP contribution in [0.5, 0.6) is 0 Å². The molecule has 2 heteroatoms. The highest BCUT2D eigenvalue weighted by atomic mass is 15.2. The molecule has 88 valence electrons. The van der Waals surface area contributed by atoms with Crippen LogP contribution < -0.4 is 5.73 Å². The summed E-state index contributed by atoms with van der Waals surface area (Å²) in [4.78, 5) is 2.48. The molecule has 1 aromatic carbocycles. The normalized spacial score (nSPS) is 17.7. The van der Waals surface area contributed by atoms with Gasteiger partial charge in [-0.15, -0.1) is 0 Å². The van der Waals surface area contributed by atoms with E-state index in [2.05, 4.69) is 42.3 Å². The zero-order valence-electron chi connectivity index (χ0n) is 10.1. The quantitative estimate of drug-likeness (QED) is 0.791. The van der Waals surface area contributed by atoms with Gasteiger partial charge in [0.05, 0.1) is 0 Å². The van der Waals surface area contributed by atoms with Gasteiger partial charge in [0.1, 0.15) is 0 Å². The number of hydrogen-bond donors (Lipinski definition) is 1. The predicted octanol–water partition coefficient (Wildman–Crippen LogP) is 2.04. The second kappa shape index (κ2) is 5.46. The molecule has 0 radical (unpaired) electrons. The largest absolute Gasteiger partial charge is 0.329 e. The molecule has 1 aliphatic carbocycles. The Bertz CT molecular complexity index is 306. The highest BCUT2D eigenvalue weighted by Crippen LogP contribution is 2.27. The third-order valence-electron chi connectivity index (χ3n) is 3.58. The maximum atomic E-state index is 5.86. The number of rotatable bonds is 6. The predicted molar refractivity (Wildman–Crippen MR) is 68.4 cm³/mol. The molecule has 16 heavy (non-hydrogen) atoms. The van der Waals surface area contributed by atoms with Gasteiger partial charge in [-0.05, 0) is 38.3 Å². The molecular weight excluding hydrogens is 196 g/mol. The molecule has 0 amide bonds. The van der Waals surface area contributed by atoms with Crippen LogP contribution in [0.4, 0.5) is 0 Å². The van der Waals surface area contributed by atoms with Crippen molar-refractivity contribution in [3.05, 3.63) is 35.9 Å². The molecule has 1 fully saturated rings. The smallest absolute Gasteiger partial charge is 0.0221 e. The van der Waals surface area contributed by atoms with Crippen molar-refractivity contribution >= 4 is 0 Å². The molecule has 0 aromatic heterocycles. The van der Waals surface area contributed by atoms with Gasteiger partial charge < -0.3 is 5.73 Å². The van der Waals surface area contributed by atoms with Gasteiger partial charge in [0.2, 0.25) is 0 Å². The Morgan fingerprint density at radius 2 is 2.00 bits per heavy atom. The number of likely N-dealkylation sites (N-methyl/N-ethyl adjacent to an activating group) is 1. The molecule has 1 aliphatic rings. The first-order chi connectivity index (χ1) is 7.81. The van der Waals surface area contributed by atoms with Crippen molar-refractivity contribution < 1.29 is 0 Å². The van der Waals surface area contributed by atoms with Gasteiger partial charge in [0.25, 0.3) is 0 Å². The van der Waals surface area contributed by atoms with Crippen LogP contribution in [0.1, 0.15) is 24.8 Å². The van der Waals surface area contributed by atoms with E-state index in [0.29, 0.717) is 6.04 Å². The van der Waals surface area contributed by atoms with E-state index in [1.54, 1.807) is 0 Å². The van der Waals surface area contributed by atoms with Crippen molar-refractivity contribution in [3.63, 3.8) is 0 Å². The molecule has 0 bridgehead atoms. The summed E-state index contributed by atoms with van der Waals surface area (Å²) < 4.78 is 0. The minimum atomic E-state index is 0.549. The molecule has 0 aliphatic heterocycles. The average Bonchev–Trinajstić information content (AvgIpc) is 3.15. The van der Waals surface area contributed by atoms with Crippen LogP contribution in [0.3, 0.4) is 0 Å². The lowest BCUT2D eigenvalue weighted by Gasteiger charge is -2.26. The summed E-state index contributed by atoms with van der Waals surface area (Å²) in [6, 6.07) is 12.0. The molecule has 1 atom stereocenters. The Hall–Kier alpha value is -0.860. The second-order valence-corrected chi connectivity index (χ2v) is 4.81. The van der Waals surface area contributed by atoms with Crippen LogP contribution in [-0.2, 0) is 6.42 Å². The van der Waals surface area contributed by atoms with Gasteiger partial charge in [-0.2, -0.15) is 0 Å². The summed E-state index contributed by atoms with van der Waals surface area (Å²) in [6.07, 6.45) is 5.03. The fraction of sp³-hybridized carbons (Fsp3) is 0.571. The van der Waals surface area contributed by atoms with E-state index >= 15 is 0 Å². The Labute approximate surface area is 98.4 Å². The molecule has 0 saturated heterocycles. The van der Waals surface area contributed by atoms with Crippen LogP contribution in [0.25, 0.3) is 0 Å². The number of nitrogens with two attached hydrogens (primary N) is 1. The molecule has 0 spiro atoms. The van der Waals surface area contributed by atoms with Gasteiger partial charge in [-0.25, -0.2) is 0 Å². The highest BCUT2D eigenvalue weighted by Gasteiger charge is 2.30. The second-order valence-electron chi connectivity index (χ2n) is 4.81. The fourth-order valence-electron chi connectivity index (χ4n) is 2.25. The van der Waals surface area contributed by atoms with E-state index in [1.165, 1.54) is 24.8 Å². The van der Waals surface area contributed by atoms with E-state index < -0.39 is 0 Å². The minimum Gasteiger partial charge on any atom is -0.329 e. The van der Waals surface area contributed by atoms with Crippen LogP contribution in [-0.4, -0.2) is 30.6 Å². The molecule has 2 nitrogen and oxygen atoms in total. The third-order valence-corrected chi connectivity index (χ3v) is 3.58. The third kappa shape index (κ3) is 3.06. The Morgan fingerprint density at radius 3 is 2.56 bits per heavy atom. The van der Waals surface area contributed by atoms with E-state index in [9.17, 15) is 0 Å². The van der Waals surface area contributed by atoms with Gasteiger partial charge in [0.15, 0.2) is 0 Å². The van der Waals surface area contributed by atoms with Crippen molar-refractivity contribution in [2.75, 3.05) is 13.6 Å². The summed E-state index contributed by atoms with van der Waals surface area (Å²) in [6.45, 7) is 0.778. The molecule has 1 unspecified atom stereocenters. The van der Waals surface area contributed by atoms with Crippen molar-refractivity contribution in [3.8, 4) is 0 Å². The lowest BCUT2D eigenvalue weighted by molar-refractivity contribution is 0.226. The van der Waals surface area contributed by atoms with E-state index in [-0.39, 0.29) is 0 Å².